The smallest absolute Gasteiger partial charge is 0.0994 e. The highest BCUT2D eigenvalue weighted by Crippen LogP contribution is 2.23. The number of rotatable bonds is 0. The number of nitrogens with zero attached hydrogens (tertiary/aromatic N) is 1. The molecule has 0 bridgehead atoms. The van der Waals surface area contributed by atoms with Crippen LogP contribution in [0.4, 0.5) is 0 Å². The van der Waals surface area contributed by atoms with Gasteiger partial charge in [-0.15, -0.1) is 0 Å². The van der Waals surface area contributed by atoms with E-state index in [1.807, 2.05) is 12.1 Å². The lowest BCUT2D eigenvalue weighted by Gasteiger charge is -2.21. The van der Waals surface area contributed by atoms with E-state index in [1.54, 1.807) is 0 Å². The maximum atomic E-state index is 8.88. The summed E-state index contributed by atoms with van der Waals surface area (Å²) in [5.41, 5.74) is 9.16. The third-order valence-electron chi connectivity index (χ3n) is 2.64. The largest absolute Gasteiger partial charge is 0.327 e. The summed E-state index contributed by atoms with van der Waals surface area (Å²) in [5.74, 6) is 0. The first-order valence-electron chi connectivity index (χ1n) is 4.57. The Labute approximate surface area is 78.0 Å². The van der Waals surface area contributed by atoms with E-state index in [2.05, 4.69) is 12.1 Å². The van der Waals surface area contributed by atoms with Crippen molar-refractivity contribution in [2.75, 3.05) is 0 Å². The molecule has 0 heterocycles. The predicted molar refractivity (Wildman–Crippen MR) is 51.2 cm³/mol. The van der Waals surface area contributed by atoms with Crippen LogP contribution in [0.2, 0.25) is 0 Å². The Bertz CT molecular complexity index is 363. The first-order chi connectivity index (χ1) is 6.31. The van der Waals surface area contributed by atoms with Crippen LogP contribution in [-0.2, 0) is 12.8 Å². The molecule has 0 aliphatic heterocycles. The van der Waals surface area contributed by atoms with E-state index in [0.717, 1.165) is 24.8 Å². The molecule has 1 aliphatic carbocycles. The molecule has 1 atom stereocenters. The summed E-state index contributed by atoms with van der Waals surface area (Å²) in [6, 6.07) is 8.41. The van der Waals surface area contributed by atoms with Crippen molar-refractivity contribution in [3.63, 3.8) is 0 Å². The van der Waals surface area contributed by atoms with Crippen molar-refractivity contribution in [1.82, 2.24) is 0 Å². The van der Waals surface area contributed by atoms with Gasteiger partial charge in [0.05, 0.1) is 11.6 Å². The zero-order valence-corrected chi connectivity index (χ0v) is 7.46. The van der Waals surface area contributed by atoms with Crippen LogP contribution in [0.1, 0.15) is 23.1 Å². The fourth-order valence-electron chi connectivity index (χ4n) is 1.94. The van der Waals surface area contributed by atoms with Crippen molar-refractivity contribution in [2.45, 2.75) is 25.3 Å². The van der Waals surface area contributed by atoms with E-state index in [1.165, 1.54) is 11.1 Å². The van der Waals surface area contributed by atoms with Crippen LogP contribution in [0.15, 0.2) is 18.2 Å². The van der Waals surface area contributed by atoms with Gasteiger partial charge in [-0.25, -0.2) is 0 Å². The van der Waals surface area contributed by atoms with E-state index in [-0.39, 0.29) is 6.04 Å². The Morgan fingerprint density at radius 2 is 2.31 bits per heavy atom. The van der Waals surface area contributed by atoms with Crippen LogP contribution in [0.3, 0.4) is 0 Å². The van der Waals surface area contributed by atoms with Crippen LogP contribution < -0.4 is 5.73 Å². The van der Waals surface area contributed by atoms with Gasteiger partial charge in [0.2, 0.25) is 0 Å². The summed E-state index contributed by atoms with van der Waals surface area (Å²) in [5, 5.41) is 8.88. The normalized spacial score (nSPS) is 20.5. The molecule has 2 rings (SSSR count). The second-order valence-electron chi connectivity index (χ2n) is 3.56. The Morgan fingerprint density at radius 3 is 3.08 bits per heavy atom. The Balaban J connectivity index is 2.47. The number of benzene rings is 1. The molecular formula is C11H12N2. The standard InChI is InChI=1S/C11H12N2/c12-7-9-3-1-2-8-6-10(13)4-5-11(8)9/h1-3,10H,4-6,13H2/t10-/m1/s1. The summed E-state index contributed by atoms with van der Waals surface area (Å²) >= 11 is 0. The molecule has 0 radical (unpaired) electrons. The molecule has 1 aromatic rings. The molecule has 0 aromatic heterocycles. The van der Waals surface area contributed by atoms with Crippen LogP contribution >= 0.6 is 0 Å². The lowest BCUT2D eigenvalue weighted by atomic mass is 9.86. The molecule has 0 unspecified atom stereocenters. The first-order valence-corrected chi connectivity index (χ1v) is 4.57. The summed E-state index contributed by atoms with van der Waals surface area (Å²) < 4.78 is 0. The zero-order valence-electron chi connectivity index (χ0n) is 7.46. The van der Waals surface area contributed by atoms with Crippen molar-refractivity contribution in [1.29, 1.82) is 5.26 Å². The minimum atomic E-state index is 0.279. The van der Waals surface area contributed by atoms with Gasteiger partial charge < -0.3 is 5.73 Å². The summed E-state index contributed by atoms with van der Waals surface area (Å²) in [6.07, 6.45) is 2.89. The Morgan fingerprint density at radius 1 is 1.46 bits per heavy atom. The summed E-state index contributed by atoms with van der Waals surface area (Å²) in [6.45, 7) is 0. The topological polar surface area (TPSA) is 49.8 Å². The van der Waals surface area contributed by atoms with Crippen LogP contribution in [-0.4, -0.2) is 6.04 Å². The second-order valence-corrected chi connectivity index (χ2v) is 3.56. The fourth-order valence-corrected chi connectivity index (χ4v) is 1.94. The minimum absolute atomic E-state index is 0.279. The molecule has 0 fully saturated rings. The van der Waals surface area contributed by atoms with E-state index in [0.29, 0.717) is 0 Å². The molecule has 0 amide bonds. The third-order valence-corrected chi connectivity index (χ3v) is 2.64. The maximum Gasteiger partial charge on any atom is 0.0994 e. The molecule has 2 heteroatoms. The lowest BCUT2D eigenvalue weighted by molar-refractivity contribution is 0.576. The maximum absolute atomic E-state index is 8.88. The highest BCUT2D eigenvalue weighted by molar-refractivity contribution is 5.44. The van der Waals surface area contributed by atoms with Crippen molar-refractivity contribution in [3.8, 4) is 6.07 Å². The zero-order chi connectivity index (χ0) is 9.26. The van der Waals surface area contributed by atoms with Crippen LogP contribution in [0.25, 0.3) is 0 Å². The quantitative estimate of drug-likeness (QED) is 0.642. The van der Waals surface area contributed by atoms with Gasteiger partial charge in [-0.1, -0.05) is 12.1 Å². The lowest BCUT2D eigenvalue weighted by Crippen LogP contribution is -2.28. The highest BCUT2D eigenvalue weighted by atomic mass is 14.6. The van der Waals surface area contributed by atoms with Gasteiger partial charge in [0, 0.05) is 6.04 Å². The number of hydrogen-bond donors (Lipinski definition) is 1. The predicted octanol–water partition coefficient (Wildman–Crippen LogP) is 1.37. The van der Waals surface area contributed by atoms with E-state index < -0.39 is 0 Å². The highest BCUT2D eigenvalue weighted by Gasteiger charge is 2.17. The molecule has 2 nitrogen and oxygen atoms in total. The molecule has 2 N–H and O–H groups in total. The van der Waals surface area contributed by atoms with Gasteiger partial charge >= 0.3 is 0 Å². The molecular weight excluding hydrogens is 160 g/mol. The van der Waals surface area contributed by atoms with Gasteiger partial charge in [0.1, 0.15) is 0 Å². The molecule has 1 aliphatic rings. The van der Waals surface area contributed by atoms with Crippen molar-refractivity contribution >= 4 is 0 Å². The minimum Gasteiger partial charge on any atom is -0.327 e. The third kappa shape index (κ3) is 1.43. The van der Waals surface area contributed by atoms with Crippen molar-refractivity contribution < 1.29 is 0 Å². The van der Waals surface area contributed by atoms with Crippen LogP contribution in [0.5, 0.6) is 0 Å². The summed E-state index contributed by atoms with van der Waals surface area (Å²) in [4.78, 5) is 0. The second kappa shape index (κ2) is 3.20. The molecule has 0 saturated heterocycles. The van der Waals surface area contributed by atoms with Crippen LogP contribution in [0, 0.1) is 11.3 Å². The number of fused-ring (bicyclic) bond motifs is 1. The monoisotopic (exact) mass is 172 g/mol. The van der Waals surface area contributed by atoms with Crippen molar-refractivity contribution in [3.05, 3.63) is 34.9 Å². The molecule has 0 spiro atoms. The van der Waals surface area contributed by atoms with Crippen molar-refractivity contribution in [2.24, 2.45) is 5.73 Å². The Kier molecular flexibility index (Phi) is 2.03. The fraction of sp³-hybridized carbons (Fsp3) is 0.364. The van der Waals surface area contributed by atoms with Gasteiger partial charge in [0.25, 0.3) is 0 Å². The average Bonchev–Trinajstić information content (AvgIpc) is 2.16. The van der Waals surface area contributed by atoms with Gasteiger partial charge in [-0.05, 0) is 36.5 Å². The number of nitriles is 1. The summed E-state index contributed by atoms with van der Waals surface area (Å²) in [7, 11) is 0. The van der Waals surface area contributed by atoms with E-state index in [9.17, 15) is 0 Å². The van der Waals surface area contributed by atoms with Gasteiger partial charge in [-0.3, -0.25) is 0 Å². The Hall–Kier alpha value is -1.33. The van der Waals surface area contributed by atoms with E-state index >= 15 is 0 Å². The number of nitrogens with two attached hydrogens (primary N) is 1. The number of hydrogen-bond acceptors (Lipinski definition) is 2. The average molecular weight is 172 g/mol. The molecule has 1 aromatic carbocycles. The first kappa shape index (κ1) is 8.28. The van der Waals surface area contributed by atoms with Gasteiger partial charge in [-0.2, -0.15) is 5.26 Å². The molecule has 13 heavy (non-hydrogen) atoms. The molecule has 66 valence electrons. The SMILES string of the molecule is N#Cc1cccc2c1CC[C@@H](N)C2. The van der Waals surface area contributed by atoms with Gasteiger partial charge in [0.15, 0.2) is 0 Å². The molecule has 0 saturated carbocycles. The van der Waals surface area contributed by atoms with E-state index in [4.69, 9.17) is 11.0 Å².